The number of benzene rings is 1. The zero-order valence-electron chi connectivity index (χ0n) is 7.92. The standard InChI is InChI=1S/C11H11FO2/c1-7-6-8(12)2-3-9(7)10-4-5-11(13)14-10/h2-3,6,10H,4-5H2,1H3. The van der Waals surface area contributed by atoms with Gasteiger partial charge in [-0.05, 0) is 36.6 Å². The van der Waals surface area contributed by atoms with Crippen molar-refractivity contribution in [2.45, 2.75) is 25.9 Å². The van der Waals surface area contributed by atoms with Crippen molar-refractivity contribution < 1.29 is 13.9 Å². The van der Waals surface area contributed by atoms with Gasteiger partial charge in [-0.3, -0.25) is 4.79 Å². The lowest BCUT2D eigenvalue weighted by Crippen LogP contribution is -2.01. The minimum Gasteiger partial charge on any atom is -0.457 e. The van der Waals surface area contributed by atoms with Gasteiger partial charge in [-0.25, -0.2) is 4.39 Å². The van der Waals surface area contributed by atoms with Crippen LogP contribution in [-0.4, -0.2) is 5.97 Å². The minimum atomic E-state index is -0.254. The molecular weight excluding hydrogens is 183 g/mol. The van der Waals surface area contributed by atoms with Crippen LogP contribution >= 0.6 is 0 Å². The van der Waals surface area contributed by atoms with Crippen LogP contribution in [0.1, 0.15) is 30.1 Å². The fourth-order valence-electron chi connectivity index (χ4n) is 1.74. The summed E-state index contributed by atoms with van der Waals surface area (Å²) in [4.78, 5) is 10.9. The number of esters is 1. The monoisotopic (exact) mass is 194 g/mol. The second-order valence-electron chi connectivity index (χ2n) is 3.52. The van der Waals surface area contributed by atoms with Gasteiger partial charge in [0.25, 0.3) is 0 Å². The molecule has 0 aromatic heterocycles. The van der Waals surface area contributed by atoms with Gasteiger partial charge < -0.3 is 4.74 Å². The van der Waals surface area contributed by atoms with Crippen LogP contribution in [0.2, 0.25) is 0 Å². The Bertz CT molecular complexity index is 374. The summed E-state index contributed by atoms with van der Waals surface area (Å²) in [5.41, 5.74) is 1.75. The number of carbonyl (C=O) groups excluding carboxylic acids is 1. The van der Waals surface area contributed by atoms with E-state index in [9.17, 15) is 9.18 Å². The number of aryl methyl sites for hydroxylation is 1. The minimum absolute atomic E-state index is 0.168. The molecule has 2 nitrogen and oxygen atoms in total. The van der Waals surface area contributed by atoms with Gasteiger partial charge in [0.2, 0.25) is 0 Å². The third-order valence-electron chi connectivity index (χ3n) is 2.46. The summed E-state index contributed by atoms with van der Waals surface area (Å²) in [7, 11) is 0. The molecule has 14 heavy (non-hydrogen) atoms. The van der Waals surface area contributed by atoms with Crippen molar-refractivity contribution in [3.8, 4) is 0 Å². The van der Waals surface area contributed by atoms with Gasteiger partial charge in [-0.15, -0.1) is 0 Å². The Hall–Kier alpha value is -1.38. The summed E-state index contributed by atoms with van der Waals surface area (Å²) in [5, 5.41) is 0. The topological polar surface area (TPSA) is 26.3 Å². The van der Waals surface area contributed by atoms with Crippen molar-refractivity contribution in [1.29, 1.82) is 0 Å². The van der Waals surface area contributed by atoms with Crippen LogP contribution in [0.25, 0.3) is 0 Å². The molecule has 1 aliphatic rings. The van der Waals surface area contributed by atoms with E-state index in [4.69, 9.17) is 4.74 Å². The van der Waals surface area contributed by atoms with E-state index in [1.165, 1.54) is 12.1 Å². The van der Waals surface area contributed by atoms with Crippen LogP contribution in [0.15, 0.2) is 18.2 Å². The number of ether oxygens (including phenoxy) is 1. The lowest BCUT2D eigenvalue weighted by atomic mass is 10.0. The van der Waals surface area contributed by atoms with Crippen LogP contribution < -0.4 is 0 Å². The summed E-state index contributed by atoms with van der Waals surface area (Å²) < 4.78 is 17.9. The summed E-state index contributed by atoms with van der Waals surface area (Å²) in [6.07, 6.45) is 0.982. The Labute approximate surface area is 81.7 Å². The Morgan fingerprint density at radius 1 is 1.50 bits per heavy atom. The molecule has 1 aromatic carbocycles. The first-order valence-electron chi connectivity index (χ1n) is 4.62. The van der Waals surface area contributed by atoms with E-state index >= 15 is 0 Å². The molecule has 2 rings (SSSR count). The van der Waals surface area contributed by atoms with Gasteiger partial charge in [-0.1, -0.05) is 6.07 Å². The Kier molecular flexibility index (Phi) is 2.23. The first-order chi connectivity index (χ1) is 6.66. The number of halogens is 1. The normalized spacial score (nSPS) is 21.0. The fraction of sp³-hybridized carbons (Fsp3) is 0.364. The molecule has 1 aromatic rings. The second kappa shape index (κ2) is 3.40. The zero-order chi connectivity index (χ0) is 10.1. The first-order valence-corrected chi connectivity index (χ1v) is 4.62. The number of hydrogen-bond donors (Lipinski definition) is 0. The zero-order valence-corrected chi connectivity index (χ0v) is 7.92. The van der Waals surface area contributed by atoms with Gasteiger partial charge in [0.1, 0.15) is 11.9 Å². The Morgan fingerprint density at radius 2 is 2.29 bits per heavy atom. The van der Waals surface area contributed by atoms with E-state index in [2.05, 4.69) is 0 Å². The molecule has 1 aliphatic heterocycles. The van der Waals surface area contributed by atoms with E-state index < -0.39 is 0 Å². The van der Waals surface area contributed by atoms with Gasteiger partial charge in [0, 0.05) is 6.42 Å². The third-order valence-corrected chi connectivity index (χ3v) is 2.46. The molecule has 0 amide bonds. The molecular formula is C11H11FO2. The van der Waals surface area contributed by atoms with Crippen LogP contribution in [0.4, 0.5) is 4.39 Å². The molecule has 0 N–H and O–H groups in total. The van der Waals surface area contributed by atoms with Gasteiger partial charge in [-0.2, -0.15) is 0 Å². The van der Waals surface area contributed by atoms with Crippen molar-refractivity contribution in [3.63, 3.8) is 0 Å². The maximum absolute atomic E-state index is 12.8. The maximum Gasteiger partial charge on any atom is 0.306 e. The van der Waals surface area contributed by atoms with Crippen LogP contribution in [0.5, 0.6) is 0 Å². The van der Waals surface area contributed by atoms with E-state index in [0.717, 1.165) is 11.1 Å². The maximum atomic E-state index is 12.8. The average molecular weight is 194 g/mol. The molecule has 1 saturated heterocycles. The third kappa shape index (κ3) is 1.62. The summed E-state index contributed by atoms with van der Waals surface area (Å²) >= 11 is 0. The molecule has 0 saturated carbocycles. The van der Waals surface area contributed by atoms with E-state index in [0.29, 0.717) is 12.8 Å². The quantitative estimate of drug-likeness (QED) is 0.642. The number of carbonyl (C=O) groups is 1. The van der Waals surface area contributed by atoms with Gasteiger partial charge in [0.15, 0.2) is 0 Å². The molecule has 3 heteroatoms. The summed E-state index contributed by atoms with van der Waals surface area (Å²) in [5.74, 6) is -0.422. The van der Waals surface area contributed by atoms with Crippen molar-refractivity contribution in [2.24, 2.45) is 0 Å². The Morgan fingerprint density at radius 3 is 2.86 bits per heavy atom. The highest BCUT2D eigenvalue weighted by molar-refractivity contribution is 5.71. The van der Waals surface area contributed by atoms with Crippen molar-refractivity contribution in [1.82, 2.24) is 0 Å². The van der Waals surface area contributed by atoms with Gasteiger partial charge >= 0.3 is 5.97 Å². The van der Waals surface area contributed by atoms with Crippen LogP contribution in [-0.2, 0) is 9.53 Å². The molecule has 0 bridgehead atoms. The molecule has 1 atom stereocenters. The number of hydrogen-bond acceptors (Lipinski definition) is 2. The summed E-state index contributed by atoms with van der Waals surface area (Å²) in [6.45, 7) is 1.82. The molecule has 1 heterocycles. The average Bonchev–Trinajstić information content (AvgIpc) is 2.51. The lowest BCUT2D eigenvalue weighted by molar-refractivity contribution is -0.141. The fourth-order valence-corrected chi connectivity index (χ4v) is 1.74. The van der Waals surface area contributed by atoms with E-state index in [-0.39, 0.29) is 17.9 Å². The predicted molar refractivity (Wildman–Crippen MR) is 49.2 cm³/mol. The molecule has 0 spiro atoms. The number of cyclic esters (lactones) is 1. The molecule has 1 fully saturated rings. The SMILES string of the molecule is Cc1cc(F)ccc1C1CCC(=O)O1. The van der Waals surface area contributed by atoms with E-state index in [1.54, 1.807) is 6.07 Å². The van der Waals surface area contributed by atoms with Crippen molar-refractivity contribution in [3.05, 3.63) is 35.1 Å². The highest BCUT2D eigenvalue weighted by Crippen LogP contribution is 2.31. The van der Waals surface area contributed by atoms with Crippen molar-refractivity contribution >= 4 is 5.97 Å². The van der Waals surface area contributed by atoms with Crippen LogP contribution in [0, 0.1) is 12.7 Å². The second-order valence-corrected chi connectivity index (χ2v) is 3.52. The van der Waals surface area contributed by atoms with Crippen LogP contribution in [0.3, 0.4) is 0 Å². The van der Waals surface area contributed by atoms with Crippen molar-refractivity contribution in [2.75, 3.05) is 0 Å². The van der Waals surface area contributed by atoms with Gasteiger partial charge in [0.05, 0.1) is 0 Å². The highest BCUT2D eigenvalue weighted by atomic mass is 19.1. The smallest absolute Gasteiger partial charge is 0.306 e. The van der Waals surface area contributed by atoms with E-state index in [1.807, 2.05) is 6.92 Å². The molecule has 0 radical (unpaired) electrons. The predicted octanol–water partition coefficient (Wildman–Crippen LogP) is 2.51. The Balaban J connectivity index is 2.28. The summed E-state index contributed by atoms with van der Waals surface area (Å²) in [6, 6.07) is 4.55. The highest BCUT2D eigenvalue weighted by Gasteiger charge is 2.25. The first kappa shape index (κ1) is 9.19. The molecule has 0 aliphatic carbocycles. The molecule has 74 valence electrons. The lowest BCUT2D eigenvalue weighted by Gasteiger charge is -2.12. The molecule has 1 unspecified atom stereocenters. The largest absolute Gasteiger partial charge is 0.457 e. The number of rotatable bonds is 1.